The van der Waals surface area contributed by atoms with Gasteiger partial charge in [0.05, 0.1) is 16.3 Å². The van der Waals surface area contributed by atoms with Crippen LogP contribution in [0.1, 0.15) is 12.5 Å². The minimum atomic E-state index is -4.02. The number of carbonyl (C=O) groups excluding carboxylic acids is 1. The summed E-state index contributed by atoms with van der Waals surface area (Å²) in [6.07, 6.45) is 0. The largest absolute Gasteiger partial charge is 0.507 e. The molecule has 0 heterocycles. The molecule has 3 rings (SSSR count). The van der Waals surface area contributed by atoms with E-state index in [2.05, 4.69) is 10.5 Å². The summed E-state index contributed by atoms with van der Waals surface area (Å²) in [5, 5.41) is 14.3. The van der Waals surface area contributed by atoms with Crippen LogP contribution >= 0.6 is 11.6 Å². The van der Waals surface area contributed by atoms with Crippen LogP contribution < -0.4 is 9.73 Å². The fourth-order valence-corrected chi connectivity index (χ4v) is 4.36. The zero-order valence-electron chi connectivity index (χ0n) is 16.6. The van der Waals surface area contributed by atoms with Crippen LogP contribution in [0.3, 0.4) is 0 Å². The van der Waals surface area contributed by atoms with E-state index in [1.165, 1.54) is 30.3 Å². The highest BCUT2D eigenvalue weighted by Crippen LogP contribution is 2.25. The highest BCUT2D eigenvalue weighted by Gasteiger charge is 2.27. The number of rotatable bonds is 7. The molecule has 0 aliphatic rings. The first kappa shape index (κ1) is 22.3. The lowest BCUT2D eigenvalue weighted by molar-refractivity contribution is -0.119. The van der Waals surface area contributed by atoms with E-state index >= 15 is 0 Å². The van der Waals surface area contributed by atoms with Crippen LogP contribution in [0.4, 0.5) is 5.69 Å². The molecule has 9 heteroatoms. The van der Waals surface area contributed by atoms with Crippen LogP contribution in [0, 0.1) is 0 Å². The van der Waals surface area contributed by atoms with Gasteiger partial charge in [-0.1, -0.05) is 41.9 Å². The summed E-state index contributed by atoms with van der Waals surface area (Å²) in [5.74, 6) is -0.628. The van der Waals surface area contributed by atoms with Gasteiger partial charge in [-0.2, -0.15) is 5.10 Å². The predicted molar refractivity (Wildman–Crippen MR) is 121 cm³/mol. The third-order valence-electron chi connectivity index (χ3n) is 4.38. The lowest BCUT2D eigenvalue weighted by atomic mass is 10.1. The molecule has 0 aliphatic heterocycles. The van der Waals surface area contributed by atoms with Crippen molar-refractivity contribution in [1.29, 1.82) is 0 Å². The molecule has 7 nitrogen and oxygen atoms in total. The number of hydrogen-bond donors (Lipinski definition) is 2. The summed E-state index contributed by atoms with van der Waals surface area (Å²) < 4.78 is 27.4. The number of benzene rings is 3. The lowest BCUT2D eigenvalue weighted by Crippen LogP contribution is -2.39. The highest BCUT2D eigenvalue weighted by atomic mass is 35.5. The van der Waals surface area contributed by atoms with Crippen molar-refractivity contribution in [2.75, 3.05) is 10.8 Å². The van der Waals surface area contributed by atoms with Crippen LogP contribution in [0.25, 0.3) is 0 Å². The molecule has 0 aromatic heterocycles. The number of hydrazone groups is 1. The zero-order chi connectivity index (χ0) is 22.4. The maximum absolute atomic E-state index is 13.2. The maximum atomic E-state index is 13.2. The number of para-hydroxylation sites is 1. The molecule has 0 fully saturated rings. The quantitative estimate of drug-likeness (QED) is 0.416. The van der Waals surface area contributed by atoms with E-state index in [4.69, 9.17) is 11.6 Å². The van der Waals surface area contributed by atoms with E-state index in [-0.39, 0.29) is 16.3 Å². The molecule has 0 bridgehead atoms. The topological polar surface area (TPSA) is 99.1 Å². The summed E-state index contributed by atoms with van der Waals surface area (Å²) in [4.78, 5) is 12.6. The van der Waals surface area contributed by atoms with Crippen molar-refractivity contribution in [3.8, 4) is 5.75 Å². The number of aromatic hydroxyl groups is 1. The molecule has 0 aliphatic carbocycles. The van der Waals surface area contributed by atoms with Gasteiger partial charge in [-0.25, -0.2) is 13.8 Å². The number of amides is 1. The van der Waals surface area contributed by atoms with E-state index < -0.39 is 22.5 Å². The molecule has 160 valence electrons. The van der Waals surface area contributed by atoms with Crippen LogP contribution in [0.15, 0.2) is 88.9 Å². The Bertz CT molecular complexity index is 1200. The second-order valence-corrected chi connectivity index (χ2v) is 8.85. The SMILES string of the molecule is C/C(=N/NC(=O)CN(c1ccc(Cl)cc1)S(=O)(=O)c1ccccc1)c1ccccc1O. The van der Waals surface area contributed by atoms with Crippen molar-refractivity contribution < 1.29 is 18.3 Å². The van der Waals surface area contributed by atoms with E-state index in [0.717, 1.165) is 4.31 Å². The van der Waals surface area contributed by atoms with Gasteiger partial charge in [-0.15, -0.1) is 0 Å². The normalized spacial score (nSPS) is 11.7. The van der Waals surface area contributed by atoms with E-state index in [9.17, 15) is 18.3 Å². The van der Waals surface area contributed by atoms with Crippen molar-refractivity contribution in [3.05, 3.63) is 89.4 Å². The molecular weight excluding hydrogens is 438 g/mol. The fourth-order valence-electron chi connectivity index (χ4n) is 2.79. The van der Waals surface area contributed by atoms with Crippen LogP contribution in [-0.4, -0.2) is 31.7 Å². The first-order chi connectivity index (χ1) is 14.8. The summed E-state index contributed by atoms with van der Waals surface area (Å²) in [7, 11) is -4.02. The maximum Gasteiger partial charge on any atom is 0.264 e. The zero-order valence-corrected chi connectivity index (χ0v) is 18.1. The molecule has 0 spiro atoms. The summed E-state index contributed by atoms with van der Waals surface area (Å²) in [6, 6.07) is 20.5. The average Bonchev–Trinajstić information content (AvgIpc) is 2.77. The van der Waals surface area contributed by atoms with Crippen molar-refractivity contribution in [1.82, 2.24) is 5.43 Å². The number of halogens is 1. The fraction of sp³-hybridized carbons (Fsp3) is 0.0909. The molecule has 3 aromatic rings. The molecule has 0 radical (unpaired) electrons. The van der Waals surface area contributed by atoms with Crippen LogP contribution in [-0.2, 0) is 14.8 Å². The first-order valence-corrected chi connectivity index (χ1v) is 11.1. The van der Waals surface area contributed by atoms with Crippen molar-refractivity contribution in [2.45, 2.75) is 11.8 Å². The minimum absolute atomic E-state index is 0.0208. The van der Waals surface area contributed by atoms with Gasteiger partial charge in [0.25, 0.3) is 15.9 Å². The number of nitrogens with one attached hydrogen (secondary N) is 1. The van der Waals surface area contributed by atoms with Gasteiger partial charge < -0.3 is 5.11 Å². The number of anilines is 1. The summed E-state index contributed by atoms with van der Waals surface area (Å²) in [5.41, 5.74) is 3.46. The summed E-state index contributed by atoms with van der Waals surface area (Å²) >= 11 is 5.92. The van der Waals surface area contributed by atoms with Crippen LogP contribution in [0.2, 0.25) is 5.02 Å². The molecule has 2 N–H and O–H groups in total. The Labute approximate surface area is 185 Å². The third kappa shape index (κ3) is 5.42. The van der Waals surface area contributed by atoms with Crippen LogP contribution in [0.5, 0.6) is 5.75 Å². The average molecular weight is 458 g/mol. The Hall–Kier alpha value is -3.36. The van der Waals surface area contributed by atoms with Gasteiger partial charge in [-0.05, 0) is 55.5 Å². The number of phenols is 1. The van der Waals surface area contributed by atoms with Gasteiger partial charge in [0, 0.05) is 10.6 Å². The summed E-state index contributed by atoms with van der Waals surface area (Å²) in [6.45, 7) is 1.11. The van der Waals surface area contributed by atoms with E-state index in [0.29, 0.717) is 16.3 Å². The Kier molecular flexibility index (Phi) is 6.94. The highest BCUT2D eigenvalue weighted by molar-refractivity contribution is 7.92. The first-order valence-electron chi connectivity index (χ1n) is 9.24. The smallest absolute Gasteiger partial charge is 0.264 e. The molecular formula is C22H20ClN3O4S. The molecule has 0 atom stereocenters. The van der Waals surface area contributed by atoms with Gasteiger partial charge in [0.1, 0.15) is 12.3 Å². The number of phenolic OH excluding ortho intramolecular Hbond substituents is 1. The Balaban J connectivity index is 1.87. The molecule has 0 saturated heterocycles. The Morgan fingerprint density at radius 1 is 1.00 bits per heavy atom. The number of carbonyl (C=O) groups is 1. The Morgan fingerprint density at radius 3 is 2.26 bits per heavy atom. The van der Waals surface area contributed by atoms with Crippen molar-refractivity contribution in [3.63, 3.8) is 0 Å². The lowest BCUT2D eigenvalue weighted by Gasteiger charge is -2.23. The van der Waals surface area contributed by atoms with Crippen molar-refractivity contribution >= 4 is 38.9 Å². The molecule has 0 saturated carbocycles. The predicted octanol–water partition coefficient (Wildman–Crippen LogP) is 3.78. The third-order valence-corrected chi connectivity index (χ3v) is 6.42. The number of sulfonamides is 1. The molecule has 1 amide bonds. The van der Waals surface area contributed by atoms with E-state index in [1.807, 2.05) is 0 Å². The van der Waals surface area contributed by atoms with Gasteiger partial charge in [0.2, 0.25) is 0 Å². The van der Waals surface area contributed by atoms with Crippen molar-refractivity contribution in [2.24, 2.45) is 5.10 Å². The van der Waals surface area contributed by atoms with Gasteiger partial charge in [0.15, 0.2) is 0 Å². The second-order valence-electron chi connectivity index (χ2n) is 6.55. The molecule has 31 heavy (non-hydrogen) atoms. The van der Waals surface area contributed by atoms with E-state index in [1.54, 1.807) is 55.5 Å². The Morgan fingerprint density at radius 2 is 1.61 bits per heavy atom. The molecule has 0 unspecified atom stereocenters. The van der Waals surface area contributed by atoms with Gasteiger partial charge in [-0.3, -0.25) is 9.10 Å². The standard InChI is InChI=1S/C22H20ClN3O4S/c1-16(20-9-5-6-10-21(20)27)24-25-22(28)15-26(18-13-11-17(23)12-14-18)31(29,30)19-7-3-2-4-8-19/h2-14,27H,15H2,1H3,(H,25,28)/b24-16-. The van der Waals surface area contributed by atoms with Gasteiger partial charge >= 0.3 is 0 Å². The number of nitrogens with zero attached hydrogens (tertiary/aromatic N) is 2. The number of hydrogen-bond acceptors (Lipinski definition) is 5. The second kappa shape index (κ2) is 9.63. The monoisotopic (exact) mass is 457 g/mol. The minimum Gasteiger partial charge on any atom is -0.507 e. The molecule has 3 aromatic carbocycles.